The standard InChI is InChI=1S/C20H18ClN3O4/c21-14-3-1-2-12(8-14)10-22-15-5-4-13(11-25)16(9-15)19(27)23-17-6-7-18(26)24-20(17)28/h1-5,8-9,11,17,22H,6-7,10H2,(H,23,27)(H,24,26,28). The van der Waals surface area contributed by atoms with Crippen molar-refractivity contribution < 1.29 is 19.2 Å². The fourth-order valence-electron chi connectivity index (χ4n) is 2.88. The van der Waals surface area contributed by atoms with Gasteiger partial charge >= 0.3 is 0 Å². The van der Waals surface area contributed by atoms with Crippen LogP contribution in [0.15, 0.2) is 42.5 Å². The molecule has 1 unspecified atom stereocenters. The maximum absolute atomic E-state index is 12.6. The van der Waals surface area contributed by atoms with Crippen LogP contribution in [0.5, 0.6) is 0 Å². The molecule has 1 aliphatic heterocycles. The van der Waals surface area contributed by atoms with Crippen molar-refractivity contribution in [2.45, 2.75) is 25.4 Å². The van der Waals surface area contributed by atoms with E-state index in [9.17, 15) is 19.2 Å². The topological polar surface area (TPSA) is 104 Å². The summed E-state index contributed by atoms with van der Waals surface area (Å²) in [6.07, 6.45) is 0.956. The number of hydrogen-bond acceptors (Lipinski definition) is 5. The van der Waals surface area contributed by atoms with Crippen molar-refractivity contribution in [2.24, 2.45) is 0 Å². The molecule has 2 aromatic rings. The highest BCUT2D eigenvalue weighted by atomic mass is 35.5. The minimum Gasteiger partial charge on any atom is -0.381 e. The van der Waals surface area contributed by atoms with E-state index < -0.39 is 17.9 Å². The Balaban J connectivity index is 1.73. The number of rotatable bonds is 6. The number of carbonyl (C=O) groups is 4. The number of piperidine rings is 1. The van der Waals surface area contributed by atoms with Gasteiger partial charge in [-0.1, -0.05) is 23.7 Å². The summed E-state index contributed by atoms with van der Waals surface area (Å²) in [5, 5.41) is 8.56. The van der Waals surface area contributed by atoms with Crippen molar-refractivity contribution >= 4 is 41.3 Å². The third-order valence-corrected chi connectivity index (χ3v) is 4.59. The second-order valence-corrected chi connectivity index (χ2v) is 6.82. The molecule has 0 saturated carbocycles. The van der Waals surface area contributed by atoms with E-state index in [1.165, 1.54) is 6.07 Å². The van der Waals surface area contributed by atoms with Crippen molar-refractivity contribution in [3.63, 3.8) is 0 Å². The van der Waals surface area contributed by atoms with Crippen LogP contribution < -0.4 is 16.0 Å². The normalized spacial score (nSPS) is 16.2. The summed E-state index contributed by atoms with van der Waals surface area (Å²) >= 11 is 5.97. The Kier molecular flexibility index (Phi) is 6.06. The molecule has 3 rings (SSSR count). The Hall–Kier alpha value is -3.19. The third-order valence-electron chi connectivity index (χ3n) is 4.36. The van der Waals surface area contributed by atoms with Crippen molar-refractivity contribution in [2.75, 3.05) is 5.32 Å². The molecule has 1 aliphatic rings. The molecule has 144 valence electrons. The van der Waals surface area contributed by atoms with Crippen molar-refractivity contribution in [3.8, 4) is 0 Å². The minimum absolute atomic E-state index is 0.149. The van der Waals surface area contributed by atoms with E-state index in [2.05, 4.69) is 16.0 Å². The molecular formula is C20H18ClN3O4. The Labute approximate surface area is 166 Å². The van der Waals surface area contributed by atoms with Gasteiger partial charge in [0.1, 0.15) is 6.04 Å². The molecule has 3 amide bonds. The SMILES string of the molecule is O=Cc1ccc(NCc2cccc(Cl)c2)cc1C(=O)NC1CCC(=O)NC1=O. The summed E-state index contributed by atoms with van der Waals surface area (Å²) in [5.41, 5.74) is 1.95. The lowest BCUT2D eigenvalue weighted by Crippen LogP contribution is -2.52. The lowest BCUT2D eigenvalue weighted by atomic mass is 10.0. The molecule has 0 aliphatic carbocycles. The van der Waals surface area contributed by atoms with E-state index >= 15 is 0 Å². The molecule has 1 fully saturated rings. The van der Waals surface area contributed by atoms with Gasteiger partial charge in [-0.3, -0.25) is 24.5 Å². The second kappa shape index (κ2) is 8.67. The molecule has 8 heteroatoms. The van der Waals surface area contributed by atoms with Crippen LogP contribution in [-0.2, 0) is 16.1 Å². The van der Waals surface area contributed by atoms with Crippen LogP contribution in [0.2, 0.25) is 5.02 Å². The number of anilines is 1. The average molecular weight is 400 g/mol. The molecule has 28 heavy (non-hydrogen) atoms. The van der Waals surface area contributed by atoms with E-state index in [-0.39, 0.29) is 29.9 Å². The summed E-state index contributed by atoms with van der Waals surface area (Å²) in [5.74, 6) is -1.47. The highest BCUT2D eigenvalue weighted by Crippen LogP contribution is 2.18. The third kappa shape index (κ3) is 4.75. The Morgan fingerprint density at radius 2 is 2.04 bits per heavy atom. The smallest absolute Gasteiger partial charge is 0.252 e. The number of imide groups is 1. The van der Waals surface area contributed by atoms with Crippen LogP contribution in [-0.4, -0.2) is 30.0 Å². The fourth-order valence-corrected chi connectivity index (χ4v) is 3.10. The summed E-state index contributed by atoms with van der Waals surface area (Å²) in [6, 6.07) is 11.3. The minimum atomic E-state index is -0.812. The monoisotopic (exact) mass is 399 g/mol. The highest BCUT2D eigenvalue weighted by molar-refractivity contribution is 6.30. The molecule has 0 aromatic heterocycles. The molecule has 2 aromatic carbocycles. The summed E-state index contributed by atoms with van der Waals surface area (Å²) < 4.78 is 0. The Bertz CT molecular complexity index is 945. The van der Waals surface area contributed by atoms with Gasteiger partial charge in [0, 0.05) is 29.2 Å². The van der Waals surface area contributed by atoms with Gasteiger partial charge < -0.3 is 10.6 Å². The zero-order chi connectivity index (χ0) is 20.1. The van der Waals surface area contributed by atoms with Crippen LogP contribution in [0.25, 0.3) is 0 Å². The first-order valence-corrected chi connectivity index (χ1v) is 9.06. The van der Waals surface area contributed by atoms with Crippen molar-refractivity contribution in [1.82, 2.24) is 10.6 Å². The molecule has 7 nitrogen and oxygen atoms in total. The van der Waals surface area contributed by atoms with Crippen LogP contribution in [0, 0.1) is 0 Å². The maximum atomic E-state index is 12.6. The number of nitrogens with one attached hydrogen (secondary N) is 3. The number of carbonyl (C=O) groups excluding carboxylic acids is 4. The molecule has 0 bridgehead atoms. The van der Waals surface area contributed by atoms with E-state index in [1.807, 2.05) is 18.2 Å². The van der Waals surface area contributed by atoms with Gasteiger partial charge in [0.05, 0.1) is 5.56 Å². The molecule has 1 saturated heterocycles. The van der Waals surface area contributed by atoms with E-state index in [1.54, 1.807) is 18.2 Å². The van der Waals surface area contributed by atoms with Crippen molar-refractivity contribution in [3.05, 3.63) is 64.2 Å². The van der Waals surface area contributed by atoms with Gasteiger partial charge in [0.15, 0.2) is 6.29 Å². The first-order valence-electron chi connectivity index (χ1n) is 8.68. The van der Waals surface area contributed by atoms with Gasteiger partial charge in [-0.15, -0.1) is 0 Å². The maximum Gasteiger partial charge on any atom is 0.252 e. The molecule has 0 spiro atoms. The van der Waals surface area contributed by atoms with Crippen LogP contribution in [0.4, 0.5) is 5.69 Å². The molecular weight excluding hydrogens is 382 g/mol. The first kappa shape index (κ1) is 19.6. The zero-order valence-corrected chi connectivity index (χ0v) is 15.6. The van der Waals surface area contributed by atoms with Gasteiger partial charge in [-0.05, 0) is 42.3 Å². The molecule has 3 N–H and O–H groups in total. The number of aldehydes is 1. The largest absolute Gasteiger partial charge is 0.381 e. The number of hydrogen-bond donors (Lipinski definition) is 3. The Morgan fingerprint density at radius 1 is 1.21 bits per heavy atom. The highest BCUT2D eigenvalue weighted by Gasteiger charge is 2.28. The van der Waals surface area contributed by atoms with E-state index in [0.717, 1.165) is 5.56 Å². The van der Waals surface area contributed by atoms with Crippen molar-refractivity contribution in [1.29, 1.82) is 0 Å². The Morgan fingerprint density at radius 3 is 2.75 bits per heavy atom. The van der Waals surface area contributed by atoms with Crippen LogP contribution in [0.1, 0.15) is 39.1 Å². The predicted molar refractivity (Wildman–Crippen MR) is 104 cm³/mol. The lowest BCUT2D eigenvalue weighted by Gasteiger charge is -2.22. The quantitative estimate of drug-likeness (QED) is 0.510. The van der Waals surface area contributed by atoms with E-state index in [4.69, 9.17) is 11.6 Å². The lowest BCUT2D eigenvalue weighted by molar-refractivity contribution is -0.134. The first-order chi connectivity index (χ1) is 13.5. The van der Waals surface area contributed by atoms with Crippen LogP contribution in [0.3, 0.4) is 0 Å². The summed E-state index contributed by atoms with van der Waals surface area (Å²) in [4.78, 5) is 47.0. The van der Waals surface area contributed by atoms with Gasteiger partial charge in [-0.25, -0.2) is 0 Å². The van der Waals surface area contributed by atoms with Gasteiger partial charge in [0.2, 0.25) is 11.8 Å². The summed E-state index contributed by atoms with van der Waals surface area (Å²) in [7, 11) is 0. The van der Waals surface area contributed by atoms with Crippen LogP contribution >= 0.6 is 11.6 Å². The zero-order valence-electron chi connectivity index (χ0n) is 14.8. The number of amides is 3. The summed E-state index contributed by atoms with van der Waals surface area (Å²) in [6.45, 7) is 0.481. The second-order valence-electron chi connectivity index (χ2n) is 6.38. The molecule has 1 heterocycles. The van der Waals surface area contributed by atoms with Gasteiger partial charge in [0.25, 0.3) is 5.91 Å². The van der Waals surface area contributed by atoms with E-state index in [0.29, 0.717) is 23.5 Å². The van der Waals surface area contributed by atoms with Gasteiger partial charge in [-0.2, -0.15) is 0 Å². The number of benzene rings is 2. The average Bonchev–Trinajstić information content (AvgIpc) is 2.68. The number of halogens is 1. The predicted octanol–water partition coefficient (Wildman–Crippen LogP) is 2.30. The fraction of sp³-hybridized carbons (Fsp3) is 0.200. The molecule has 1 atom stereocenters. The molecule has 0 radical (unpaired) electrons.